The lowest BCUT2D eigenvalue weighted by molar-refractivity contribution is 0.345. The molecule has 0 spiro atoms. The van der Waals surface area contributed by atoms with Crippen molar-refractivity contribution in [1.82, 2.24) is 0 Å². The van der Waals surface area contributed by atoms with Crippen molar-refractivity contribution < 1.29 is 0 Å². The van der Waals surface area contributed by atoms with Crippen LogP contribution >= 0.6 is 0 Å². The average molecular weight is 130 g/mol. The fourth-order valence-electron chi connectivity index (χ4n) is 0.733. The molecule has 0 saturated carbocycles. The third kappa shape index (κ3) is 2.82. The standard InChI is InChI=1S/C7H18N2/c1-5(4-8)6(2)7(3)9/h5-7H,4,8-9H2,1-3H3/t5-,6?,7+/m1/s1. The predicted octanol–water partition coefficient (Wildman–Crippen LogP) is 0.564. The van der Waals surface area contributed by atoms with Crippen LogP contribution in [0.5, 0.6) is 0 Å². The molecule has 2 nitrogen and oxygen atoms in total. The molecule has 0 radical (unpaired) electrons. The number of hydrogen-bond donors (Lipinski definition) is 2. The summed E-state index contributed by atoms with van der Waals surface area (Å²) in [6, 6.07) is 0.267. The second-order valence-electron chi connectivity index (χ2n) is 2.93. The lowest BCUT2D eigenvalue weighted by atomic mass is 9.91. The first-order valence-electron chi connectivity index (χ1n) is 3.55. The zero-order valence-electron chi connectivity index (χ0n) is 6.59. The Bertz CT molecular complexity index is 71.3. The minimum atomic E-state index is 0.267. The first-order valence-corrected chi connectivity index (χ1v) is 3.55. The molecular weight excluding hydrogens is 112 g/mol. The van der Waals surface area contributed by atoms with E-state index in [0.717, 1.165) is 6.54 Å². The van der Waals surface area contributed by atoms with Crippen LogP contribution in [0.15, 0.2) is 0 Å². The molecule has 0 aromatic carbocycles. The molecule has 1 unspecified atom stereocenters. The fourth-order valence-corrected chi connectivity index (χ4v) is 0.733. The van der Waals surface area contributed by atoms with Crippen LogP contribution in [-0.4, -0.2) is 12.6 Å². The summed E-state index contributed by atoms with van der Waals surface area (Å²) in [6.45, 7) is 7.04. The lowest BCUT2D eigenvalue weighted by Crippen LogP contribution is -2.32. The topological polar surface area (TPSA) is 52.0 Å². The third-order valence-corrected chi connectivity index (χ3v) is 2.10. The van der Waals surface area contributed by atoms with Crippen LogP contribution in [0.25, 0.3) is 0 Å². The second kappa shape index (κ2) is 3.85. The number of hydrogen-bond acceptors (Lipinski definition) is 2. The number of nitrogens with two attached hydrogens (primary N) is 2. The summed E-state index contributed by atoms with van der Waals surface area (Å²) < 4.78 is 0. The number of rotatable bonds is 3. The van der Waals surface area contributed by atoms with Crippen molar-refractivity contribution in [3.05, 3.63) is 0 Å². The van der Waals surface area contributed by atoms with Gasteiger partial charge in [0.05, 0.1) is 0 Å². The molecule has 0 bridgehead atoms. The molecular formula is C7H18N2. The Morgan fingerprint density at radius 1 is 1.22 bits per heavy atom. The summed E-state index contributed by atoms with van der Waals surface area (Å²) in [7, 11) is 0. The normalized spacial score (nSPS) is 21.0. The minimum absolute atomic E-state index is 0.267. The van der Waals surface area contributed by atoms with Crippen molar-refractivity contribution in [2.24, 2.45) is 23.3 Å². The molecule has 0 aliphatic carbocycles. The lowest BCUT2D eigenvalue weighted by Gasteiger charge is -2.21. The van der Waals surface area contributed by atoms with E-state index in [2.05, 4.69) is 13.8 Å². The third-order valence-electron chi connectivity index (χ3n) is 2.10. The van der Waals surface area contributed by atoms with Gasteiger partial charge in [-0.15, -0.1) is 0 Å². The van der Waals surface area contributed by atoms with E-state index in [0.29, 0.717) is 11.8 Å². The summed E-state index contributed by atoms with van der Waals surface area (Å²) in [5.74, 6) is 1.08. The highest BCUT2D eigenvalue weighted by atomic mass is 14.6. The molecule has 4 N–H and O–H groups in total. The van der Waals surface area contributed by atoms with Crippen LogP contribution in [0.2, 0.25) is 0 Å². The van der Waals surface area contributed by atoms with Crippen LogP contribution in [-0.2, 0) is 0 Å². The Hall–Kier alpha value is -0.0800. The molecule has 2 heteroatoms. The zero-order chi connectivity index (χ0) is 7.44. The molecule has 0 aliphatic rings. The average Bonchev–Trinajstić information content (AvgIpc) is 1.84. The van der Waals surface area contributed by atoms with E-state index in [1.165, 1.54) is 0 Å². The van der Waals surface area contributed by atoms with E-state index in [9.17, 15) is 0 Å². The van der Waals surface area contributed by atoms with Crippen molar-refractivity contribution in [2.45, 2.75) is 26.8 Å². The van der Waals surface area contributed by atoms with Gasteiger partial charge in [0.1, 0.15) is 0 Å². The quantitative estimate of drug-likeness (QED) is 0.586. The molecule has 0 amide bonds. The highest BCUT2D eigenvalue weighted by Crippen LogP contribution is 2.11. The maximum absolute atomic E-state index is 5.66. The van der Waals surface area contributed by atoms with E-state index in [-0.39, 0.29) is 6.04 Å². The van der Waals surface area contributed by atoms with Crippen LogP contribution < -0.4 is 11.5 Å². The van der Waals surface area contributed by atoms with Crippen molar-refractivity contribution in [3.63, 3.8) is 0 Å². The Kier molecular flexibility index (Phi) is 3.82. The second-order valence-corrected chi connectivity index (χ2v) is 2.93. The Balaban J connectivity index is 3.58. The molecule has 3 atom stereocenters. The van der Waals surface area contributed by atoms with Gasteiger partial charge in [0.15, 0.2) is 0 Å². The Morgan fingerprint density at radius 2 is 1.67 bits per heavy atom. The van der Waals surface area contributed by atoms with Gasteiger partial charge in [-0.1, -0.05) is 13.8 Å². The van der Waals surface area contributed by atoms with Gasteiger partial charge < -0.3 is 11.5 Å². The summed E-state index contributed by atoms with van der Waals surface area (Å²) in [4.78, 5) is 0. The molecule has 56 valence electrons. The summed E-state index contributed by atoms with van der Waals surface area (Å²) in [6.07, 6.45) is 0. The van der Waals surface area contributed by atoms with Crippen molar-refractivity contribution in [1.29, 1.82) is 0 Å². The van der Waals surface area contributed by atoms with Gasteiger partial charge in [0.25, 0.3) is 0 Å². The van der Waals surface area contributed by atoms with Gasteiger partial charge >= 0.3 is 0 Å². The van der Waals surface area contributed by atoms with Crippen molar-refractivity contribution in [3.8, 4) is 0 Å². The van der Waals surface area contributed by atoms with E-state index in [4.69, 9.17) is 11.5 Å². The van der Waals surface area contributed by atoms with E-state index >= 15 is 0 Å². The van der Waals surface area contributed by atoms with Crippen LogP contribution in [0.4, 0.5) is 0 Å². The highest BCUT2D eigenvalue weighted by molar-refractivity contribution is 4.69. The molecule has 9 heavy (non-hydrogen) atoms. The summed E-state index contributed by atoms with van der Waals surface area (Å²) in [5.41, 5.74) is 11.1. The van der Waals surface area contributed by atoms with E-state index < -0.39 is 0 Å². The van der Waals surface area contributed by atoms with E-state index in [1.807, 2.05) is 6.92 Å². The van der Waals surface area contributed by atoms with Gasteiger partial charge in [0, 0.05) is 6.04 Å². The largest absolute Gasteiger partial charge is 0.330 e. The molecule has 0 aromatic rings. The first kappa shape index (κ1) is 8.92. The van der Waals surface area contributed by atoms with Crippen LogP contribution in [0.3, 0.4) is 0 Å². The molecule has 0 saturated heterocycles. The Morgan fingerprint density at radius 3 is 1.78 bits per heavy atom. The van der Waals surface area contributed by atoms with Crippen molar-refractivity contribution >= 4 is 0 Å². The summed E-state index contributed by atoms with van der Waals surface area (Å²) >= 11 is 0. The molecule has 0 aromatic heterocycles. The van der Waals surface area contributed by atoms with Crippen LogP contribution in [0, 0.1) is 11.8 Å². The van der Waals surface area contributed by atoms with Gasteiger partial charge in [-0.2, -0.15) is 0 Å². The minimum Gasteiger partial charge on any atom is -0.330 e. The van der Waals surface area contributed by atoms with Gasteiger partial charge in [-0.3, -0.25) is 0 Å². The highest BCUT2D eigenvalue weighted by Gasteiger charge is 2.13. The monoisotopic (exact) mass is 130 g/mol. The van der Waals surface area contributed by atoms with Crippen molar-refractivity contribution in [2.75, 3.05) is 6.54 Å². The maximum Gasteiger partial charge on any atom is 0.00391 e. The molecule has 0 heterocycles. The zero-order valence-corrected chi connectivity index (χ0v) is 6.59. The van der Waals surface area contributed by atoms with Gasteiger partial charge in [-0.25, -0.2) is 0 Å². The van der Waals surface area contributed by atoms with Gasteiger partial charge in [0.2, 0.25) is 0 Å². The molecule has 0 fully saturated rings. The maximum atomic E-state index is 5.66. The fraction of sp³-hybridized carbons (Fsp3) is 1.00. The predicted molar refractivity (Wildman–Crippen MR) is 41.0 cm³/mol. The van der Waals surface area contributed by atoms with Gasteiger partial charge in [-0.05, 0) is 25.3 Å². The van der Waals surface area contributed by atoms with E-state index in [1.54, 1.807) is 0 Å². The molecule has 0 rings (SSSR count). The smallest absolute Gasteiger partial charge is 0.00391 e. The Labute approximate surface area is 57.6 Å². The SMILES string of the molecule is CC([C@H](C)N)[C@H](C)CN. The summed E-state index contributed by atoms with van der Waals surface area (Å²) in [5, 5.41) is 0. The molecule has 0 aliphatic heterocycles. The first-order chi connectivity index (χ1) is 4.09. The van der Waals surface area contributed by atoms with Crippen LogP contribution in [0.1, 0.15) is 20.8 Å².